The number of benzene rings is 1. The number of nitrogens with zero attached hydrogens (tertiary/aromatic N) is 2. The van der Waals surface area contributed by atoms with Gasteiger partial charge in [-0.3, -0.25) is 4.40 Å². The summed E-state index contributed by atoms with van der Waals surface area (Å²) < 4.78 is 7.47. The highest BCUT2D eigenvalue weighted by atomic mass is 32.1. The third-order valence-corrected chi connectivity index (χ3v) is 4.83. The molecule has 2 aromatic heterocycles. The summed E-state index contributed by atoms with van der Waals surface area (Å²) in [5.41, 5.74) is 5.22. The van der Waals surface area contributed by atoms with Gasteiger partial charge in [-0.05, 0) is 42.5 Å². The maximum atomic E-state index is 5.39. The Morgan fingerprint density at radius 1 is 1.33 bits per heavy atom. The molecule has 1 aromatic carbocycles. The Balaban J connectivity index is 1.59. The van der Waals surface area contributed by atoms with Crippen molar-refractivity contribution < 1.29 is 4.74 Å². The molecule has 3 aromatic rings. The lowest BCUT2D eigenvalue weighted by atomic mass is 10.1. The Hall–Kier alpha value is -2.01. The van der Waals surface area contributed by atoms with E-state index in [9.17, 15) is 0 Å². The van der Waals surface area contributed by atoms with Crippen LogP contribution in [0.15, 0.2) is 29.8 Å². The number of rotatable bonds is 4. The number of aromatic nitrogens is 2. The molecule has 0 amide bonds. The minimum Gasteiger partial charge on any atom is -0.480 e. The highest BCUT2D eigenvalue weighted by molar-refractivity contribution is 7.15. The zero-order chi connectivity index (χ0) is 14.2. The molecule has 4 rings (SSSR count). The van der Waals surface area contributed by atoms with Crippen molar-refractivity contribution in [2.24, 2.45) is 0 Å². The Bertz CT molecular complexity index is 790. The van der Waals surface area contributed by atoms with E-state index in [1.807, 2.05) is 11.6 Å². The molecule has 0 saturated heterocycles. The molecule has 4 nitrogen and oxygen atoms in total. The molecular formula is C16H17N3OS. The number of hydrogen-bond donors (Lipinski definition) is 1. The van der Waals surface area contributed by atoms with Crippen molar-refractivity contribution in [3.05, 3.63) is 46.6 Å². The minimum absolute atomic E-state index is 0.704. The van der Waals surface area contributed by atoms with Crippen LogP contribution >= 0.6 is 11.3 Å². The molecular weight excluding hydrogens is 282 g/mol. The van der Waals surface area contributed by atoms with Gasteiger partial charge in [0.2, 0.25) is 5.88 Å². The molecule has 21 heavy (non-hydrogen) atoms. The van der Waals surface area contributed by atoms with Crippen molar-refractivity contribution >= 4 is 22.0 Å². The summed E-state index contributed by atoms with van der Waals surface area (Å²) in [4.78, 5) is 5.45. The van der Waals surface area contributed by atoms with Crippen LogP contribution in [-0.4, -0.2) is 16.5 Å². The van der Waals surface area contributed by atoms with E-state index >= 15 is 0 Å². The fraction of sp³-hybridized carbons (Fsp3) is 0.312. The molecule has 2 heterocycles. The number of imidazole rings is 1. The maximum absolute atomic E-state index is 5.39. The second kappa shape index (κ2) is 5.07. The van der Waals surface area contributed by atoms with E-state index in [2.05, 4.69) is 32.9 Å². The van der Waals surface area contributed by atoms with E-state index < -0.39 is 0 Å². The summed E-state index contributed by atoms with van der Waals surface area (Å²) in [7, 11) is 1.67. The van der Waals surface area contributed by atoms with E-state index in [1.165, 1.54) is 36.1 Å². The van der Waals surface area contributed by atoms with E-state index in [0.29, 0.717) is 12.4 Å². The zero-order valence-electron chi connectivity index (χ0n) is 11.9. The molecule has 1 aliphatic carbocycles. The quantitative estimate of drug-likeness (QED) is 0.801. The largest absolute Gasteiger partial charge is 0.480 e. The second-order valence-corrected chi connectivity index (χ2v) is 6.19. The monoisotopic (exact) mass is 299 g/mol. The Morgan fingerprint density at radius 2 is 2.24 bits per heavy atom. The van der Waals surface area contributed by atoms with Crippen LogP contribution in [0.2, 0.25) is 0 Å². The predicted molar refractivity (Wildman–Crippen MR) is 85.4 cm³/mol. The molecule has 0 fully saturated rings. The van der Waals surface area contributed by atoms with Gasteiger partial charge in [0.15, 0.2) is 4.96 Å². The van der Waals surface area contributed by atoms with Crippen LogP contribution in [0, 0.1) is 0 Å². The molecule has 1 N–H and O–H groups in total. The van der Waals surface area contributed by atoms with Crippen LogP contribution in [-0.2, 0) is 19.4 Å². The average Bonchev–Trinajstić information content (AvgIpc) is 3.19. The molecule has 0 radical (unpaired) electrons. The second-order valence-electron chi connectivity index (χ2n) is 5.31. The smallest absolute Gasteiger partial charge is 0.238 e. The van der Waals surface area contributed by atoms with Gasteiger partial charge in [-0.25, -0.2) is 0 Å². The average molecular weight is 299 g/mol. The first-order valence-corrected chi connectivity index (χ1v) is 8.07. The Morgan fingerprint density at radius 3 is 3.14 bits per heavy atom. The molecule has 1 aliphatic rings. The van der Waals surface area contributed by atoms with Crippen LogP contribution in [0.4, 0.5) is 5.69 Å². The number of fused-ring (bicyclic) bond motifs is 2. The van der Waals surface area contributed by atoms with Crippen LogP contribution in [0.5, 0.6) is 5.88 Å². The first kappa shape index (κ1) is 12.7. The summed E-state index contributed by atoms with van der Waals surface area (Å²) >= 11 is 1.62. The number of anilines is 1. The molecule has 0 spiro atoms. The van der Waals surface area contributed by atoms with E-state index in [4.69, 9.17) is 4.74 Å². The van der Waals surface area contributed by atoms with Crippen molar-refractivity contribution in [3.63, 3.8) is 0 Å². The Labute approximate surface area is 127 Å². The number of thiazole rings is 1. The number of aryl methyl sites for hydroxylation is 2. The van der Waals surface area contributed by atoms with Gasteiger partial charge in [0.25, 0.3) is 0 Å². The van der Waals surface area contributed by atoms with E-state index in [0.717, 1.165) is 10.7 Å². The van der Waals surface area contributed by atoms with Gasteiger partial charge in [-0.2, -0.15) is 4.98 Å². The van der Waals surface area contributed by atoms with Gasteiger partial charge in [0.05, 0.1) is 13.7 Å². The van der Waals surface area contributed by atoms with Crippen molar-refractivity contribution in [1.82, 2.24) is 9.38 Å². The molecule has 0 saturated carbocycles. The van der Waals surface area contributed by atoms with Crippen molar-refractivity contribution in [2.75, 3.05) is 12.4 Å². The maximum Gasteiger partial charge on any atom is 0.238 e. The fourth-order valence-corrected chi connectivity index (χ4v) is 3.73. The molecule has 0 bridgehead atoms. The lowest BCUT2D eigenvalue weighted by molar-refractivity contribution is 0.395. The molecule has 0 unspecified atom stereocenters. The van der Waals surface area contributed by atoms with Gasteiger partial charge >= 0.3 is 0 Å². The van der Waals surface area contributed by atoms with Crippen molar-refractivity contribution in [2.45, 2.75) is 25.8 Å². The number of methoxy groups -OCH3 is 1. The number of hydrogen-bond acceptors (Lipinski definition) is 4. The van der Waals surface area contributed by atoms with Crippen LogP contribution < -0.4 is 10.1 Å². The van der Waals surface area contributed by atoms with E-state index in [1.54, 1.807) is 18.4 Å². The predicted octanol–water partition coefficient (Wildman–Crippen LogP) is 3.51. The first-order chi connectivity index (χ1) is 10.3. The number of nitrogens with one attached hydrogen (secondary N) is 1. The van der Waals surface area contributed by atoms with Gasteiger partial charge in [-0.15, -0.1) is 11.3 Å². The standard InChI is InChI=1S/C16H17N3OS/c1-20-15-14(19-7-8-21-16(19)18-15)10-17-13-6-5-11-3-2-4-12(11)9-13/h5-9,17H,2-4,10H2,1H3. The van der Waals surface area contributed by atoms with Gasteiger partial charge < -0.3 is 10.1 Å². The molecule has 0 atom stereocenters. The molecule has 5 heteroatoms. The lowest BCUT2D eigenvalue weighted by Crippen LogP contribution is -2.04. The molecule has 0 aliphatic heterocycles. The van der Waals surface area contributed by atoms with Crippen LogP contribution in [0.25, 0.3) is 4.96 Å². The minimum atomic E-state index is 0.704. The van der Waals surface area contributed by atoms with Crippen molar-refractivity contribution in [3.8, 4) is 5.88 Å². The highest BCUT2D eigenvalue weighted by Crippen LogP contribution is 2.27. The van der Waals surface area contributed by atoms with Crippen LogP contribution in [0.3, 0.4) is 0 Å². The normalized spacial score (nSPS) is 13.6. The number of ether oxygens (including phenoxy) is 1. The third-order valence-electron chi connectivity index (χ3n) is 4.08. The summed E-state index contributed by atoms with van der Waals surface area (Å²) in [5.74, 6) is 0.704. The highest BCUT2D eigenvalue weighted by Gasteiger charge is 2.14. The SMILES string of the molecule is COc1nc2sccn2c1CNc1ccc2c(c1)CCC2. The van der Waals surface area contributed by atoms with Gasteiger partial charge in [0, 0.05) is 17.3 Å². The lowest BCUT2D eigenvalue weighted by Gasteiger charge is -2.09. The van der Waals surface area contributed by atoms with Crippen molar-refractivity contribution in [1.29, 1.82) is 0 Å². The summed E-state index contributed by atoms with van der Waals surface area (Å²) in [6, 6.07) is 6.70. The van der Waals surface area contributed by atoms with Gasteiger partial charge in [-0.1, -0.05) is 6.07 Å². The Kier molecular flexibility index (Phi) is 3.07. The first-order valence-electron chi connectivity index (χ1n) is 7.19. The summed E-state index contributed by atoms with van der Waals surface area (Å²) in [6.07, 6.45) is 5.75. The van der Waals surface area contributed by atoms with E-state index in [-0.39, 0.29) is 0 Å². The topological polar surface area (TPSA) is 38.6 Å². The zero-order valence-corrected chi connectivity index (χ0v) is 12.7. The van der Waals surface area contributed by atoms with Crippen LogP contribution in [0.1, 0.15) is 23.2 Å². The third kappa shape index (κ3) is 2.17. The fourth-order valence-electron chi connectivity index (χ4n) is 3.00. The van der Waals surface area contributed by atoms with Gasteiger partial charge in [0.1, 0.15) is 5.69 Å². The molecule has 108 valence electrons. The summed E-state index contributed by atoms with van der Waals surface area (Å²) in [5, 5.41) is 5.54. The summed E-state index contributed by atoms with van der Waals surface area (Å²) in [6.45, 7) is 0.708.